The molecule has 0 N–H and O–H groups in total. The molecule has 6 heteroatoms. The van der Waals surface area contributed by atoms with Crippen LogP contribution < -0.4 is 9.64 Å². The van der Waals surface area contributed by atoms with Crippen molar-refractivity contribution in [1.29, 1.82) is 0 Å². The third-order valence-electron chi connectivity index (χ3n) is 5.12. The monoisotopic (exact) mass is 382 g/mol. The molecule has 27 heavy (non-hydrogen) atoms. The van der Waals surface area contributed by atoms with Crippen molar-refractivity contribution >= 4 is 29.3 Å². The number of methoxy groups -OCH3 is 1. The van der Waals surface area contributed by atoms with Gasteiger partial charge in [0, 0.05) is 29.5 Å². The van der Waals surface area contributed by atoms with Crippen LogP contribution in [0, 0.1) is 0 Å². The summed E-state index contributed by atoms with van der Waals surface area (Å²) >= 11 is 1.55. The molecule has 1 fully saturated rings. The Hall–Kier alpha value is -2.47. The summed E-state index contributed by atoms with van der Waals surface area (Å²) in [7, 11) is 1.58. The van der Waals surface area contributed by atoms with Gasteiger partial charge in [0.25, 0.3) is 11.8 Å². The third-order valence-corrected chi connectivity index (χ3v) is 6.54. The van der Waals surface area contributed by atoms with Crippen molar-refractivity contribution < 1.29 is 14.3 Å². The van der Waals surface area contributed by atoms with Crippen LogP contribution in [-0.4, -0.2) is 42.2 Å². The number of thioether (sulfide) groups is 1. The van der Waals surface area contributed by atoms with Gasteiger partial charge in [-0.15, -0.1) is 11.8 Å². The van der Waals surface area contributed by atoms with Gasteiger partial charge in [0.05, 0.1) is 12.8 Å². The number of nitrogens with zero attached hydrogens (tertiary/aromatic N) is 2. The molecule has 4 rings (SSSR count). The van der Waals surface area contributed by atoms with Gasteiger partial charge in [-0.3, -0.25) is 9.59 Å². The molecule has 2 heterocycles. The maximum absolute atomic E-state index is 13.6. The van der Waals surface area contributed by atoms with Crippen LogP contribution in [0.1, 0.15) is 29.8 Å². The first-order valence-electron chi connectivity index (χ1n) is 9.04. The number of rotatable bonds is 3. The van der Waals surface area contributed by atoms with Gasteiger partial charge in [0.1, 0.15) is 5.75 Å². The van der Waals surface area contributed by atoms with Gasteiger partial charge in [-0.05, 0) is 38.1 Å². The number of hydrogen-bond acceptors (Lipinski definition) is 4. The Morgan fingerprint density at radius 1 is 1.19 bits per heavy atom. The summed E-state index contributed by atoms with van der Waals surface area (Å²) in [5.41, 5.74) is 2.34. The lowest BCUT2D eigenvalue weighted by molar-refractivity contribution is -0.123. The van der Waals surface area contributed by atoms with Crippen molar-refractivity contribution in [3.05, 3.63) is 59.7 Å². The van der Waals surface area contributed by atoms with Crippen molar-refractivity contribution in [3.63, 3.8) is 0 Å². The van der Waals surface area contributed by atoms with Crippen LogP contribution in [-0.2, 0) is 9.67 Å². The Kier molecular flexibility index (Phi) is 4.38. The molecule has 1 unspecified atom stereocenters. The lowest BCUT2D eigenvalue weighted by Gasteiger charge is -2.34. The van der Waals surface area contributed by atoms with Crippen molar-refractivity contribution in [1.82, 2.24) is 4.90 Å². The van der Waals surface area contributed by atoms with Gasteiger partial charge in [-0.1, -0.05) is 24.3 Å². The van der Waals surface area contributed by atoms with E-state index < -0.39 is 4.87 Å². The first-order chi connectivity index (χ1) is 13.0. The zero-order valence-electron chi connectivity index (χ0n) is 15.6. The highest BCUT2D eigenvalue weighted by Gasteiger charge is 2.59. The molecule has 0 bridgehead atoms. The quantitative estimate of drug-likeness (QED) is 0.815. The summed E-state index contributed by atoms with van der Waals surface area (Å²) in [6, 6.07) is 14.9. The maximum Gasteiger partial charge on any atom is 0.268 e. The summed E-state index contributed by atoms with van der Waals surface area (Å²) in [4.78, 5) is 29.5. The van der Waals surface area contributed by atoms with Crippen molar-refractivity contribution in [3.8, 4) is 5.75 Å². The SMILES string of the molecule is COc1cccc(C(=O)N2CCSC23C(=O)N(C(C)C)c2ccccc23)c1. The minimum atomic E-state index is -0.985. The minimum absolute atomic E-state index is 0.0213. The van der Waals surface area contributed by atoms with Gasteiger partial charge in [-0.2, -0.15) is 0 Å². The largest absolute Gasteiger partial charge is 0.497 e. The Morgan fingerprint density at radius 2 is 1.96 bits per heavy atom. The van der Waals surface area contributed by atoms with Gasteiger partial charge in [0.2, 0.25) is 0 Å². The summed E-state index contributed by atoms with van der Waals surface area (Å²) < 4.78 is 5.26. The van der Waals surface area contributed by atoms with E-state index >= 15 is 0 Å². The number of amides is 2. The highest BCUT2D eigenvalue weighted by Crippen LogP contribution is 2.54. The topological polar surface area (TPSA) is 49.9 Å². The number of carbonyl (C=O) groups is 2. The third kappa shape index (κ3) is 2.54. The smallest absolute Gasteiger partial charge is 0.268 e. The lowest BCUT2D eigenvalue weighted by atomic mass is 10.0. The normalized spacial score (nSPS) is 21.3. The Labute approximate surface area is 163 Å². The predicted octanol–water partition coefficient (Wildman–Crippen LogP) is 3.49. The zero-order chi connectivity index (χ0) is 19.2. The summed E-state index contributed by atoms with van der Waals surface area (Å²) in [5.74, 6) is 1.18. The Balaban J connectivity index is 1.82. The first kappa shape index (κ1) is 17.9. The fourth-order valence-corrected chi connectivity index (χ4v) is 5.40. The summed E-state index contributed by atoms with van der Waals surface area (Å²) in [6.45, 7) is 4.54. The number of hydrogen-bond donors (Lipinski definition) is 0. The van der Waals surface area contributed by atoms with Crippen LogP contribution in [0.15, 0.2) is 48.5 Å². The fraction of sp³-hybridized carbons (Fsp3) is 0.333. The molecular formula is C21H22N2O3S. The van der Waals surface area contributed by atoms with Gasteiger partial charge in [-0.25, -0.2) is 0 Å². The van der Waals surface area contributed by atoms with Crippen LogP contribution >= 0.6 is 11.8 Å². The number of benzene rings is 2. The second-order valence-corrected chi connectivity index (χ2v) is 8.26. The van der Waals surface area contributed by atoms with E-state index in [2.05, 4.69) is 0 Å². The molecule has 0 saturated carbocycles. The van der Waals surface area contributed by atoms with Crippen LogP contribution in [0.25, 0.3) is 0 Å². The van der Waals surface area contributed by atoms with Crippen molar-refractivity contribution in [2.75, 3.05) is 24.3 Å². The van der Waals surface area contributed by atoms with Crippen LogP contribution in [0.5, 0.6) is 5.75 Å². The van der Waals surface area contributed by atoms with Gasteiger partial charge >= 0.3 is 0 Å². The molecular weight excluding hydrogens is 360 g/mol. The van der Waals surface area contributed by atoms with E-state index in [1.54, 1.807) is 42.0 Å². The van der Waals surface area contributed by atoms with E-state index in [1.165, 1.54) is 0 Å². The van der Waals surface area contributed by atoms with E-state index in [4.69, 9.17) is 4.74 Å². The molecule has 2 aromatic rings. The Bertz CT molecular complexity index is 914. The van der Waals surface area contributed by atoms with Crippen molar-refractivity contribution in [2.45, 2.75) is 24.8 Å². The molecule has 0 radical (unpaired) electrons. The average molecular weight is 382 g/mol. The van der Waals surface area contributed by atoms with Crippen molar-refractivity contribution in [2.24, 2.45) is 0 Å². The second-order valence-electron chi connectivity index (χ2n) is 6.97. The number of carbonyl (C=O) groups excluding carboxylic acids is 2. The Morgan fingerprint density at radius 3 is 2.70 bits per heavy atom. The highest BCUT2D eigenvalue weighted by atomic mass is 32.2. The van der Waals surface area contributed by atoms with Crippen LogP contribution in [0.2, 0.25) is 0 Å². The van der Waals surface area contributed by atoms with E-state index in [0.29, 0.717) is 17.9 Å². The van der Waals surface area contributed by atoms with Crippen LogP contribution in [0.3, 0.4) is 0 Å². The van der Waals surface area contributed by atoms with E-state index in [1.807, 2.05) is 49.1 Å². The molecule has 1 spiro atoms. The standard InChI is InChI=1S/C21H22N2O3S/c1-14(2)23-18-10-5-4-9-17(18)21(20(23)25)22(11-12-27-21)19(24)15-7-6-8-16(13-15)26-3/h4-10,13-14H,11-12H2,1-3H3. The van der Waals surface area contributed by atoms with E-state index in [0.717, 1.165) is 17.0 Å². The molecule has 0 aliphatic carbocycles. The summed E-state index contributed by atoms with van der Waals surface area (Å²) in [6.07, 6.45) is 0. The molecule has 2 amide bonds. The molecule has 140 valence electrons. The molecule has 5 nitrogen and oxygen atoms in total. The zero-order valence-corrected chi connectivity index (χ0v) is 16.5. The average Bonchev–Trinajstić information content (AvgIpc) is 3.23. The fourth-order valence-electron chi connectivity index (χ4n) is 3.95. The number of anilines is 1. The molecule has 2 aromatic carbocycles. The number of para-hydroxylation sites is 1. The first-order valence-corrected chi connectivity index (χ1v) is 10.0. The molecule has 2 aliphatic heterocycles. The molecule has 1 saturated heterocycles. The minimum Gasteiger partial charge on any atom is -0.497 e. The molecule has 2 aliphatic rings. The molecule has 0 aromatic heterocycles. The highest BCUT2D eigenvalue weighted by molar-refractivity contribution is 8.01. The number of ether oxygens (including phenoxy) is 1. The summed E-state index contributed by atoms with van der Waals surface area (Å²) in [5, 5.41) is 0. The van der Waals surface area contributed by atoms with E-state index in [9.17, 15) is 9.59 Å². The maximum atomic E-state index is 13.6. The van der Waals surface area contributed by atoms with Gasteiger partial charge < -0.3 is 14.5 Å². The molecule has 1 atom stereocenters. The lowest BCUT2D eigenvalue weighted by Crippen LogP contribution is -2.51. The van der Waals surface area contributed by atoms with Gasteiger partial charge in [0.15, 0.2) is 4.87 Å². The van der Waals surface area contributed by atoms with E-state index in [-0.39, 0.29) is 17.9 Å². The second kappa shape index (κ2) is 6.60. The predicted molar refractivity (Wildman–Crippen MR) is 107 cm³/mol. The van der Waals surface area contributed by atoms with Crippen LogP contribution in [0.4, 0.5) is 5.69 Å². The number of fused-ring (bicyclic) bond motifs is 2.